The molecule has 0 aliphatic carbocycles. The van der Waals surface area contributed by atoms with Gasteiger partial charge in [-0.3, -0.25) is 4.79 Å². The molecule has 0 bridgehead atoms. The van der Waals surface area contributed by atoms with Crippen LogP contribution in [0.1, 0.15) is 13.8 Å². The Morgan fingerprint density at radius 2 is 1.79 bits per heavy atom. The van der Waals surface area contributed by atoms with E-state index in [1.54, 1.807) is 13.8 Å². The Kier molecular flexibility index (Phi) is 5.46. The number of hydrogen-bond acceptors (Lipinski definition) is 6. The van der Waals surface area contributed by atoms with Crippen molar-refractivity contribution in [3.8, 4) is 0 Å². The smallest absolute Gasteiger partial charge is 0.364 e. The quantitative estimate of drug-likeness (QED) is 0.477. The molecule has 0 unspecified atom stereocenters. The third-order valence-corrected chi connectivity index (χ3v) is 1.97. The summed E-state index contributed by atoms with van der Waals surface area (Å²) in [5.74, 6) is -1.85. The van der Waals surface area contributed by atoms with Crippen molar-refractivity contribution < 1.29 is 19.1 Å². The topological polar surface area (TPSA) is 97.8 Å². The van der Waals surface area contributed by atoms with Gasteiger partial charge in [-0.25, -0.2) is 14.6 Å². The number of aromatic amines is 1. The molecular weight excluding hydrogens is 252 g/mol. The van der Waals surface area contributed by atoms with Crippen molar-refractivity contribution in [1.29, 1.82) is 0 Å². The zero-order chi connectivity index (χ0) is 14.3. The summed E-state index contributed by atoms with van der Waals surface area (Å²) in [5, 5.41) is 0. The lowest BCUT2D eigenvalue weighted by atomic mass is 10.3. The maximum Gasteiger partial charge on any atom is 0.364 e. The summed E-state index contributed by atoms with van der Waals surface area (Å²) in [6.07, 6.45) is 1.41. The molecule has 7 heteroatoms. The number of carbonyl (C=O) groups excluding carboxylic acids is 2. The monoisotopic (exact) mass is 266 g/mol. The van der Waals surface area contributed by atoms with E-state index in [-0.39, 0.29) is 18.9 Å². The summed E-state index contributed by atoms with van der Waals surface area (Å²) in [7, 11) is 0. The molecule has 0 fully saturated rings. The van der Waals surface area contributed by atoms with Gasteiger partial charge in [0.1, 0.15) is 5.69 Å². The van der Waals surface area contributed by atoms with Crippen LogP contribution in [0.15, 0.2) is 28.1 Å². The minimum Gasteiger partial charge on any atom is -0.461 e. The molecule has 0 radical (unpaired) electrons. The van der Waals surface area contributed by atoms with Gasteiger partial charge in [-0.2, -0.15) is 0 Å². The van der Waals surface area contributed by atoms with Crippen molar-refractivity contribution >= 4 is 23.3 Å². The van der Waals surface area contributed by atoms with Crippen LogP contribution in [0.2, 0.25) is 0 Å². The van der Waals surface area contributed by atoms with E-state index in [1.165, 1.54) is 18.3 Å². The van der Waals surface area contributed by atoms with Crippen LogP contribution in [0.5, 0.6) is 0 Å². The zero-order valence-electron chi connectivity index (χ0n) is 10.6. The van der Waals surface area contributed by atoms with Crippen LogP contribution >= 0.6 is 0 Å². The predicted molar refractivity (Wildman–Crippen MR) is 67.4 cm³/mol. The number of carbonyl (C=O) groups is 2. The normalized spacial score (nSPS) is 9.58. The van der Waals surface area contributed by atoms with E-state index >= 15 is 0 Å². The number of pyridine rings is 1. The predicted octanol–water partition coefficient (Wildman–Crippen LogP) is 0.574. The molecule has 19 heavy (non-hydrogen) atoms. The van der Waals surface area contributed by atoms with Crippen LogP contribution in [0, 0.1) is 0 Å². The largest absolute Gasteiger partial charge is 0.461 e. The molecule has 0 aliphatic heterocycles. The Labute approximate surface area is 109 Å². The maximum atomic E-state index is 11.6. The van der Waals surface area contributed by atoms with Gasteiger partial charge < -0.3 is 14.5 Å². The fourth-order valence-electron chi connectivity index (χ4n) is 1.19. The van der Waals surface area contributed by atoms with Crippen molar-refractivity contribution in [2.75, 3.05) is 13.2 Å². The molecule has 102 valence electrons. The Balaban J connectivity index is 3.16. The van der Waals surface area contributed by atoms with Crippen LogP contribution in [0.4, 0.5) is 5.69 Å². The molecule has 1 N–H and O–H groups in total. The Morgan fingerprint density at radius 1 is 1.21 bits per heavy atom. The second-order valence-electron chi connectivity index (χ2n) is 3.29. The van der Waals surface area contributed by atoms with Gasteiger partial charge in [0.2, 0.25) is 5.71 Å². The van der Waals surface area contributed by atoms with Gasteiger partial charge in [0.15, 0.2) is 0 Å². The van der Waals surface area contributed by atoms with E-state index in [9.17, 15) is 14.4 Å². The molecule has 1 aromatic rings. The highest BCUT2D eigenvalue weighted by molar-refractivity contribution is 6.62. The van der Waals surface area contributed by atoms with Crippen LogP contribution in [0.3, 0.4) is 0 Å². The number of nitrogens with one attached hydrogen (secondary N) is 1. The van der Waals surface area contributed by atoms with Crippen molar-refractivity contribution in [3.05, 3.63) is 28.7 Å². The molecule has 1 heterocycles. The minimum absolute atomic E-state index is 0.0707. The number of aliphatic imine (C=N–C) groups is 1. The first-order valence-corrected chi connectivity index (χ1v) is 5.70. The molecule has 0 spiro atoms. The fraction of sp³-hybridized carbons (Fsp3) is 0.333. The Hall–Kier alpha value is -2.44. The molecule has 0 aromatic carbocycles. The molecule has 0 atom stereocenters. The van der Waals surface area contributed by atoms with E-state index < -0.39 is 23.2 Å². The minimum atomic E-state index is -0.927. The van der Waals surface area contributed by atoms with Gasteiger partial charge in [-0.15, -0.1) is 0 Å². The number of rotatable bonds is 5. The average Bonchev–Trinajstić information content (AvgIpc) is 2.38. The molecule has 7 nitrogen and oxygen atoms in total. The molecule has 0 saturated heterocycles. The van der Waals surface area contributed by atoms with E-state index in [4.69, 9.17) is 9.47 Å². The third kappa shape index (κ3) is 4.06. The van der Waals surface area contributed by atoms with Crippen LogP contribution in [0.25, 0.3) is 0 Å². The van der Waals surface area contributed by atoms with E-state index in [1.807, 2.05) is 0 Å². The van der Waals surface area contributed by atoms with Crippen LogP contribution in [-0.2, 0) is 19.1 Å². The van der Waals surface area contributed by atoms with Gasteiger partial charge in [0.05, 0.1) is 13.2 Å². The summed E-state index contributed by atoms with van der Waals surface area (Å²) >= 11 is 0. The van der Waals surface area contributed by atoms with E-state index in [0.717, 1.165) is 0 Å². The van der Waals surface area contributed by atoms with Gasteiger partial charge >= 0.3 is 11.9 Å². The third-order valence-electron chi connectivity index (χ3n) is 1.97. The van der Waals surface area contributed by atoms with Crippen LogP contribution in [-0.4, -0.2) is 35.8 Å². The van der Waals surface area contributed by atoms with Gasteiger partial charge in [-0.05, 0) is 26.0 Å². The Bertz CT molecular complexity index is 527. The summed E-state index contributed by atoms with van der Waals surface area (Å²) in [4.78, 5) is 40.8. The molecule has 1 rings (SSSR count). The molecule has 0 saturated carbocycles. The highest BCUT2D eigenvalue weighted by Gasteiger charge is 2.23. The molecule has 0 amide bonds. The van der Waals surface area contributed by atoms with E-state index in [2.05, 4.69) is 9.98 Å². The van der Waals surface area contributed by atoms with Crippen molar-refractivity contribution in [2.45, 2.75) is 13.8 Å². The van der Waals surface area contributed by atoms with Gasteiger partial charge in [0, 0.05) is 6.20 Å². The van der Waals surface area contributed by atoms with Crippen LogP contribution < -0.4 is 5.56 Å². The van der Waals surface area contributed by atoms with E-state index in [0.29, 0.717) is 0 Å². The summed E-state index contributed by atoms with van der Waals surface area (Å²) in [5.41, 5.74) is -1.15. The fourth-order valence-corrected chi connectivity index (χ4v) is 1.19. The highest BCUT2D eigenvalue weighted by Crippen LogP contribution is 2.04. The number of ether oxygens (including phenoxy) is 2. The zero-order valence-corrected chi connectivity index (χ0v) is 10.6. The molecule has 1 aromatic heterocycles. The lowest BCUT2D eigenvalue weighted by molar-refractivity contribution is -0.140. The number of esters is 2. The number of H-pyrrole nitrogens is 1. The summed E-state index contributed by atoms with van der Waals surface area (Å²) in [6, 6.07) is 2.89. The van der Waals surface area contributed by atoms with Gasteiger partial charge in [-0.1, -0.05) is 0 Å². The first-order valence-electron chi connectivity index (χ1n) is 5.70. The standard InChI is InChI=1S/C12H14N2O5/c1-3-18-11(16)9(12(17)19-4-2)14-8-6-5-7-13-10(8)15/h5-7H,3-4H2,1-2H3,(H,13,15). The van der Waals surface area contributed by atoms with Crippen molar-refractivity contribution in [3.63, 3.8) is 0 Å². The first-order chi connectivity index (χ1) is 9.10. The summed E-state index contributed by atoms with van der Waals surface area (Å²) < 4.78 is 9.40. The number of aromatic nitrogens is 1. The second kappa shape index (κ2) is 7.10. The van der Waals surface area contributed by atoms with Gasteiger partial charge in [0.25, 0.3) is 5.56 Å². The average molecular weight is 266 g/mol. The molecular formula is C12H14N2O5. The second-order valence-corrected chi connectivity index (χ2v) is 3.29. The maximum absolute atomic E-state index is 11.6. The first kappa shape index (κ1) is 14.6. The highest BCUT2D eigenvalue weighted by atomic mass is 16.6. The number of nitrogens with zero attached hydrogens (tertiary/aromatic N) is 1. The summed E-state index contributed by atoms with van der Waals surface area (Å²) in [6.45, 7) is 3.36. The molecule has 0 aliphatic rings. The van der Waals surface area contributed by atoms with Crippen molar-refractivity contribution in [1.82, 2.24) is 4.98 Å². The lowest BCUT2D eigenvalue weighted by Gasteiger charge is -2.05. The lowest BCUT2D eigenvalue weighted by Crippen LogP contribution is -2.28. The Morgan fingerprint density at radius 3 is 2.26 bits per heavy atom. The van der Waals surface area contributed by atoms with Crippen molar-refractivity contribution in [2.24, 2.45) is 4.99 Å². The number of hydrogen-bond donors (Lipinski definition) is 1. The SMILES string of the molecule is CCOC(=O)C(=Nc1ccc[nH]c1=O)C(=O)OCC.